The van der Waals surface area contributed by atoms with Gasteiger partial charge in [-0.3, -0.25) is 0 Å². The van der Waals surface area contributed by atoms with Crippen molar-refractivity contribution in [2.75, 3.05) is 21.3 Å². The number of halogens is 2. The lowest BCUT2D eigenvalue weighted by atomic mass is 10.2. The van der Waals surface area contributed by atoms with E-state index in [0.717, 1.165) is 5.56 Å². The molecule has 0 atom stereocenters. The summed E-state index contributed by atoms with van der Waals surface area (Å²) in [6.07, 6.45) is 0. The highest BCUT2D eigenvalue weighted by Crippen LogP contribution is 2.36. The first-order valence-electron chi connectivity index (χ1n) is 8.34. The standard InChI is InChI=1S/C19H18F2N2O4S2/c1-24-13-6-5-12(9-14(13)25-2)17-22-23-19(27-17)28-10-11-4-7-16(29-18(20)21)15(8-11)26-3/h4-9,18H,10H2,1-3H3. The van der Waals surface area contributed by atoms with Gasteiger partial charge in [-0.15, -0.1) is 10.2 Å². The van der Waals surface area contributed by atoms with E-state index in [-0.39, 0.29) is 0 Å². The molecule has 154 valence electrons. The Labute approximate surface area is 174 Å². The summed E-state index contributed by atoms with van der Waals surface area (Å²) in [5.41, 5.74) is 1.59. The molecule has 1 aromatic heterocycles. The van der Waals surface area contributed by atoms with E-state index in [1.54, 1.807) is 50.6 Å². The molecule has 0 amide bonds. The van der Waals surface area contributed by atoms with E-state index in [4.69, 9.17) is 18.6 Å². The summed E-state index contributed by atoms with van der Waals surface area (Å²) in [4.78, 5) is 0.393. The molecule has 2 aromatic carbocycles. The van der Waals surface area contributed by atoms with Crippen molar-refractivity contribution in [2.45, 2.75) is 21.6 Å². The first-order chi connectivity index (χ1) is 14.0. The summed E-state index contributed by atoms with van der Waals surface area (Å²) in [7, 11) is 4.57. The lowest BCUT2D eigenvalue weighted by molar-refractivity contribution is 0.251. The van der Waals surface area contributed by atoms with Gasteiger partial charge in [-0.05, 0) is 35.9 Å². The molecular formula is C19H18F2N2O4S2. The van der Waals surface area contributed by atoms with Gasteiger partial charge in [0.1, 0.15) is 5.75 Å². The van der Waals surface area contributed by atoms with Crippen molar-refractivity contribution in [1.29, 1.82) is 0 Å². The zero-order valence-corrected chi connectivity index (χ0v) is 17.5. The summed E-state index contributed by atoms with van der Waals surface area (Å²) < 4.78 is 46.6. The second-order valence-corrected chi connectivity index (χ2v) is 7.55. The van der Waals surface area contributed by atoms with Crippen LogP contribution in [0, 0.1) is 0 Å². The molecule has 0 spiro atoms. The van der Waals surface area contributed by atoms with Gasteiger partial charge in [-0.2, -0.15) is 8.78 Å². The molecule has 1 heterocycles. The second kappa shape index (κ2) is 9.84. The molecule has 6 nitrogen and oxygen atoms in total. The van der Waals surface area contributed by atoms with Gasteiger partial charge in [-0.25, -0.2) is 0 Å². The monoisotopic (exact) mass is 440 g/mol. The van der Waals surface area contributed by atoms with Crippen LogP contribution in [0.5, 0.6) is 17.2 Å². The largest absolute Gasteiger partial charge is 0.496 e. The topological polar surface area (TPSA) is 66.6 Å². The zero-order valence-electron chi connectivity index (χ0n) is 15.8. The average molecular weight is 440 g/mol. The quantitative estimate of drug-likeness (QED) is 0.412. The van der Waals surface area contributed by atoms with E-state index in [9.17, 15) is 8.78 Å². The highest BCUT2D eigenvalue weighted by atomic mass is 32.2. The van der Waals surface area contributed by atoms with Crippen LogP contribution in [0.1, 0.15) is 5.56 Å². The van der Waals surface area contributed by atoms with Crippen LogP contribution in [0.3, 0.4) is 0 Å². The van der Waals surface area contributed by atoms with Crippen LogP contribution in [0.25, 0.3) is 11.5 Å². The van der Waals surface area contributed by atoms with E-state index in [1.165, 1.54) is 18.9 Å². The van der Waals surface area contributed by atoms with Crippen LogP contribution in [0.4, 0.5) is 8.78 Å². The summed E-state index contributed by atoms with van der Waals surface area (Å²) in [6.45, 7) is 0. The van der Waals surface area contributed by atoms with Gasteiger partial charge >= 0.3 is 0 Å². The molecule has 3 aromatic rings. The van der Waals surface area contributed by atoms with E-state index in [0.29, 0.717) is 56.3 Å². The SMILES string of the molecule is COc1ccc(-c2nnc(SCc3ccc(SC(F)F)c(OC)c3)o2)cc1OC. The number of benzene rings is 2. The molecule has 0 aliphatic heterocycles. The molecule has 3 rings (SSSR count). The summed E-state index contributed by atoms with van der Waals surface area (Å²) in [5.74, 6) is -0.0556. The van der Waals surface area contributed by atoms with Crippen molar-refractivity contribution in [3.8, 4) is 28.7 Å². The van der Waals surface area contributed by atoms with Gasteiger partial charge in [0.15, 0.2) is 11.5 Å². The number of hydrogen-bond acceptors (Lipinski definition) is 8. The van der Waals surface area contributed by atoms with Gasteiger partial charge in [0.2, 0.25) is 5.89 Å². The van der Waals surface area contributed by atoms with Crippen molar-refractivity contribution in [3.05, 3.63) is 42.0 Å². The van der Waals surface area contributed by atoms with Crippen molar-refractivity contribution in [2.24, 2.45) is 0 Å². The Balaban J connectivity index is 1.69. The molecule has 0 aliphatic rings. The minimum Gasteiger partial charge on any atom is -0.496 e. The smallest absolute Gasteiger partial charge is 0.289 e. The fourth-order valence-electron chi connectivity index (χ4n) is 2.49. The number of nitrogens with zero attached hydrogens (tertiary/aromatic N) is 2. The lowest BCUT2D eigenvalue weighted by Gasteiger charge is -2.09. The van der Waals surface area contributed by atoms with Gasteiger partial charge < -0.3 is 18.6 Å². The Kier molecular flexibility index (Phi) is 7.21. The van der Waals surface area contributed by atoms with Crippen LogP contribution in [-0.2, 0) is 5.75 Å². The fraction of sp³-hybridized carbons (Fsp3) is 0.263. The van der Waals surface area contributed by atoms with E-state index in [1.807, 2.05) is 0 Å². The molecule has 10 heteroatoms. The van der Waals surface area contributed by atoms with E-state index in [2.05, 4.69) is 10.2 Å². The first kappa shape index (κ1) is 21.3. The number of rotatable bonds is 9. The second-order valence-electron chi connectivity index (χ2n) is 5.60. The van der Waals surface area contributed by atoms with E-state index >= 15 is 0 Å². The van der Waals surface area contributed by atoms with Crippen LogP contribution in [0.2, 0.25) is 0 Å². The fourth-order valence-corrected chi connectivity index (χ4v) is 3.80. The number of ether oxygens (including phenoxy) is 3. The van der Waals surface area contributed by atoms with Gasteiger partial charge in [0, 0.05) is 11.3 Å². The lowest BCUT2D eigenvalue weighted by Crippen LogP contribution is -1.91. The minimum atomic E-state index is -2.50. The Morgan fingerprint density at radius 2 is 1.69 bits per heavy atom. The van der Waals surface area contributed by atoms with Crippen LogP contribution >= 0.6 is 23.5 Å². The molecule has 0 unspecified atom stereocenters. The highest BCUT2D eigenvalue weighted by molar-refractivity contribution is 7.99. The Bertz CT molecular complexity index is 969. The summed E-state index contributed by atoms with van der Waals surface area (Å²) in [5, 5.41) is 8.50. The molecule has 0 aliphatic carbocycles. The van der Waals surface area contributed by atoms with Crippen LogP contribution in [0.15, 0.2) is 50.9 Å². The Morgan fingerprint density at radius 1 is 0.931 bits per heavy atom. The molecule has 0 fully saturated rings. The van der Waals surface area contributed by atoms with Crippen molar-refractivity contribution < 1.29 is 27.4 Å². The molecule has 0 radical (unpaired) electrons. The Morgan fingerprint density at radius 3 is 2.38 bits per heavy atom. The zero-order chi connectivity index (χ0) is 20.8. The maximum absolute atomic E-state index is 12.6. The number of methoxy groups -OCH3 is 3. The minimum absolute atomic E-state index is 0.356. The maximum Gasteiger partial charge on any atom is 0.289 e. The van der Waals surface area contributed by atoms with Gasteiger partial charge in [0.05, 0.1) is 26.2 Å². The summed E-state index contributed by atoms with van der Waals surface area (Å²) in [6, 6.07) is 10.4. The third-order valence-electron chi connectivity index (χ3n) is 3.84. The molecule has 0 bridgehead atoms. The third kappa shape index (κ3) is 5.33. The molecule has 0 N–H and O–H groups in total. The summed E-state index contributed by atoms with van der Waals surface area (Å²) >= 11 is 1.79. The van der Waals surface area contributed by atoms with E-state index < -0.39 is 5.76 Å². The Hall–Kier alpha value is -2.46. The molecule has 0 saturated carbocycles. The maximum atomic E-state index is 12.6. The normalized spacial score (nSPS) is 11.0. The molecular weight excluding hydrogens is 422 g/mol. The number of alkyl halides is 2. The molecule has 0 saturated heterocycles. The van der Waals surface area contributed by atoms with Gasteiger partial charge in [0.25, 0.3) is 11.0 Å². The predicted octanol–water partition coefficient (Wildman–Crippen LogP) is 5.37. The average Bonchev–Trinajstić information content (AvgIpc) is 3.21. The molecule has 29 heavy (non-hydrogen) atoms. The van der Waals surface area contributed by atoms with Crippen molar-refractivity contribution in [1.82, 2.24) is 10.2 Å². The van der Waals surface area contributed by atoms with Crippen LogP contribution in [-0.4, -0.2) is 37.3 Å². The number of thioether (sulfide) groups is 2. The van der Waals surface area contributed by atoms with Crippen LogP contribution < -0.4 is 14.2 Å². The van der Waals surface area contributed by atoms with Crippen molar-refractivity contribution in [3.63, 3.8) is 0 Å². The van der Waals surface area contributed by atoms with Crippen molar-refractivity contribution >= 4 is 23.5 Å². The third-order valence-corrected chi connectivity index (χ3v) is 5.50. The number of hydrogen-bond donors (Lipinski definition) is 0. The highest BCUT2D eigenvalue weighted by Gasteiger charge is 2.14. The van der Waals surface area contributed by atoms with Gasteiger partial charge in [-0.1, -0.05) is 29.6 Å². The predicted molar refractivity (Wildman–Crippen MR) is 107 cm³/mol. The first-order valence-corrected chi connectivity index (χ1v) is 10.2. The number of aromatic nitrogens is 2.